The normalized spacial score (nSPS) is 19.3. The fourth-order valence-corrected chi connectivity index (χ4v) is 3.42. The Kier molecular flexibility index (Phi) is 2.64. The lowest BCUT2D eigenvalue weighted by Gasteiger charge is -2.07. The molecule has 1 aliphatic rings. The average Bonchev–Trinajstić information content (AvgIpc) is 3.18. The number of nitrogens with zero attached hydrogens (tertiary/aromatic N) is 1. The van der Waals surface area contributed by atoms with Gasteiger partial charge in [-0.15, -0.1) is 11.3 Å². The van der Waals surface area contributed by atoms with Crippen molar-refractivity contribution in [2.45, 2.75) is 12.3 Å². The lowest BCUT2D eigenvalue weighted by molar-refractivity contribution is 0.764. The molecule has 3 nitrogen and oxygen atoms in total. The Morgan fingerprint density at radius 2 is 2.26 bits per heavy atom. The van der Waals surface area contributed by atoms with Gasteiger partial charge in [0.25, 0.3) is 0 Å². The van der Waals surface area contributed by atoms with E-state index in [2.05, 4.69) is 51.0 Å². The van der Waals surface area contributed by atoms with Crippen LogP contribution in [-0.4, -0.2) is 23.1 Å². The summed E-state index contributed by atoms with van der Waals surface area (Å²) in [6.07, 6.45) is 1.23. The molecule has 19 heavy (non-hydrogen) atoms. The molecule has 0 spiro atoms. The summed E-state index contributed by atoms with van der Waals surface area (Å²) in [7, 11) is 0. The number of aromatic nitrogens is 2. The van der Waals surface area contributed by atoms with Crippen LogP contribution in [0.5, 0.6) is 0 Å². The summed E-state index contributed by atoms with van der Waals surface area (Å²) in [5.74, 6) is 1.63. The molecule has 1 fully saturated rings. The summed E-state index contributed by atoms with van der Waals surface area (Å²) in [4.78, 5) is 9.30. The van der Waals surface area contributed by atoms with Crippen molar-refractivity contribution in [1.82, 2.24) is 15.3 Å². The molecular formula is C15H15N3S. The molecule has 1 aliphatic heterocycles. The molecule has 1 atom stereocenters. The number of nitrogens with one attached hydrogen (secondary N) is 2. The zero-order valence-electron chi connectivity index (χ0n) is 10.5. The number of hydrogen-bond acceptors (Lipinski definition) is 3. The van der Waals surface area contributed by atoms with E-state index in [0.717, 1.165) is 29.9 Å². The van der Waals surface area contributed by atoms with Crippen LogP contribution in [-0.2, 0) is 0 Å². The molecule has 4 rings (SSSR count). The summed E-state index contributed by atoms with van der Waals surface area (Å²) in [5, 5.41) is 5.50. The highest BCUT2D eigenvalue weighted by atomic mass is 32.1. The third kappa shape index (κ3) is 1.97. The van der Waals surface area contributed by atoms with Crippen molar-refractivity contribution < 1.29 is 0 Å². The quantitative estimate of drug-likeness (QED) is 0.749. The number of rotatable bonds is 2. The second kappa shape index (κ2) is 4.47. The van der Waals surface area contributed by atoms with E-state index in [1.807, 2.05) is 0 Å². The molecule has 96 valence electrons. The molecule has 2 aromatic heterocycles. The van der Waals surface area contributed by atoms with Gasteiger partial charge >= 0.3 is 0 Å². The van der Waals surface area contributed by atoms with Gasteiger partial charge in [0.1, 0.15) is 5.82 Å². The highest BCUT2D eigenvalue weighted by molar-refractivity contribution is 7.13. The Morgan fingerprint density at radius 1 is 1.26 bits per heavy atom. The number of hydrogen-bond donors (Lipinski definition) is 2. The zero-order chi connectivity index (χ0) is 12.7. The average molecular weight is 269 g/mol. The van der Waals surface area contributed by atoms with Gasteiger partial charge < -0.3 is 10.3 Å². The fourth-order valence-electron chi connectivity index (χ4n) is 2.75. The van der Waals surface area contributed by atoms with Crippen LogP contribution in [0.4, 0.5) is 0 Å². The Morgan fingerprint density at radius 3 is 3.05 bits per heavy atom. The Hall–Kier alpha value is -1.65. The fraction of sp³-hybridized carbons (Fsp3) is 0.267. The number of imidazole rings is 1. The molecule has 0 radical (unpaired) electrons. The maximum absolute atomic E-state index is 4.66. The molecule has 3 aromatic rings. The van der Waals surface area contributed by atoms with Gasteiger partial charge in [0.15, 0.2) is 0 Å². The van der Waals surface area contributed by atoms with E-state index in [0.29, 0.717) is 5.92 Å². The van der Waals surface area contributed by atoms with Gasteiger partial charge in [-0.05, 0) is 48.0 Å². The first-order valence-electron chi connectivity index (χ1n) is 6.64. The van der Waals surface area contributed by atoms with Gasteiger partial charge in [-0.3, -0.25) is 0 Å². The van der Waals surface area contributed by atoms with Crippen LogP contribution in [0.2, 0.25) is 0 Å². The van der Waals surface area contributed by atoms with Gasteiger partial charge in [0.05, 0.1) is 15.9 Å². The SMILES string of the molecule is c1csc(-c2nc3ccc(C4CCNC4)cc3[nH]2)c1. The minimum Gasteiger partial charge on any atom is -0.337 e. The largest absolute Gasteiger partial charge is 0.337 e. The van der Waals surface area contributed by atoms with Crippen molar-refractivity contribution in [3.63, 3.8) is 0 Å². The van der Waals surface area contributed by atoms with Crippen molar-refractivity contribution in [3.05, 3.63) is 41.3 Å². The smallest absolute Gasteiger partial charge is 0.148 e. The number of thiophene rings is 1. The van der Waals surface area contributed by atoms with E-state index in [1.165, 1.54) is 16.9 Å². The first kappa shape index (κ1) is 11.2. The highest BCUT2D eigenvalue weighted by Gasteiger charge is 2.17. The van der Waals surface area contributed by atoms with Gasteiger partial charge in [-0.2, -0.15) is 0 Å². The third-order valence-corrected chi connectivity index (χ3v) is 4.67. The van der Waals surface area contributed by atoms with Crippen molar-refractivity contribution in [2.75, 3.05) is 13.1 Å². The number of H-pyrrole nitrogens is 1. The molecule has 0 bridgehead atoms. The summed E-state index contributed by atoms with van der Waals surface area (Å²) in [6, 6.07) is 10.8. The maximum atomic E-state index is 4.66. The third-order valence-electron chi connectivity index (χ3n) is 3.79. The predicted octanol–water partition coefficient (Wildman–Crippen LogP) is 3.37. The lowest BCUT2D eigenvalue weighted by atomic mass is 9.98. The van der Waals surface area contributed by atoms with Gasteiger partial charge in [0, 0.05) is 6.54 Å². The van der Waals surface area contributed by atoms with E-state index >= 15 is 0 Å². The molecule has 1 aromatic carbocycles. The number of benzene rings is 1. The Labute approximate surface area is 115 Å². The monoisotopic (exact) mass is 269 g/mol. The van der Waals surface area contributed by atoms with E-state index in [1.54, 1.807) is 11.3 Å². The summed E-state index contributed by atoms with van der Waals surface area (Å²) in [5.41, 5.74) is 3.62. The lowest BCUT2D eigenvalue weighted by Crippen LogP contribution is -2.07. The molecule has 0 saturated carbocycles. The van der Waals surface area contributed by atoms with Crippen molar-refractivity contribution >= 4 is 22.4 Å². The standard InChI is InChI=1S/C15H15N3S/c1-2-14(19-7-1)15-17-12-4-3-10(8-13(12)18-15)11-5-6-16-9-11/h1-4,7-8,11,16H,5-6,9H2,(H,17,18). The van der Waals surface area contributed by atoms with E-state index in [-0.39, 0.29) is 0 Å². The molecule has 3 heterocycles. The summed E-state index contributed by atoms with van der Waals surface area (Å²) in [6.45, 7) is 2.23. The van der Waals surface area contributed by atoms with Crippen LogP contribution in [0.15, 0.2) is 35.7 Å². The molecule has 1 saturated heterocycles. The first-order valence-corrected chi connectivity index (χ1v) is 7.52. The summed E-state index contributed by atoms with van der Waals surface area (Å²) < 4.78 is 0. The molecule has 4 heteroatoms. The summed E-state index contributed by atoms with van der Waals surface area (Å²) >= 11 is 1.72. The second-order valence-corrected chi connectivity index (χ2v) is 5.98. The Balaban J connectivity index is 1.77. The van der Waals surface area contributed by atoms with E-state index < -0.39 is 0 Å². The zero-order valence-corrected chi connectivity index (χ0v) is 11.3. The molecular weight excluding hydrogens is 254 g/mol. The van der Waals surface area contributed by atoms with Crippen LogP contribution >= 0.6 is 11.3 Å². The second-order valence-electron chi connectivity index (χ2n) is 5.03. The highest BCUT2D eigenvalue weighted by Crippen LogP contribution is 2.28. The van der Waals surface area contributed by atoms with Crippen LogP contribution in [0.3, 0.4) is 0 Å². The first-order chi connectivity index (χ1) is 9.40. The van der Waals surface area contributed by atoms with Crippen molar-refractivity contribution in [3.8, 4) is 10.7 Å². The van der Waals surface area contributed by atoms with Gasteiger partial charge in [0.2, 0.25) is 0 Å². The minimum absolute atomic E-state index is 0.651. The number of aromatic amines is 1. The molecule has 1 unspecified atom stereocenters. The number of fused-ring (bicyclic) bond motifs is 1. The van der Waals surface area contributed by atoms with Crippen LogP contribution in [0.25, 0.3) is 21.7 Å². The maximum Gasteiger partial charge on any atom is 0.148 e. The Bertz CT molecular complexity index is 693. The van der Waals surface area contributed by atoms with E-state index in [9.17, 15) is 0 Å². The molecule has 2 N–H and O–H groups in total. The van der Waals surface area contributed by atoms with Crippen LogP contribution < -0.4 is 5.32 Å². The van der Waals surface area contributed by atoms with Crippen molar-refractivity contribution in [1.29, 1.82) is 0 Å². The van der Waals surface area contributed by atoms with Crippen LogP contribution in [0.1, 0.15) is 17.9 Å². The van der Waals surface area contributed by atoms with E-state index in [4.69, 9.17) is 0 Å². The topological polar surface area (TPSA) is 40.7 Å². The predicted molar refractivity (Wildman–Crippen MR) is 79.6 cm³/mol. The van der Waals surface area contributed by atoms with Crippen molar-refractivity contribution in [2.24, 2.45) is 0 Å². The van der Waals surface area contributed by atoms with Gasteiger partial charge in [-0.1, -0.05) is 12.1 Å². The molecule has 0 amide bonds. The van der Waals surface area contributed by atoms with Crippen LogP contribution in [0, 0.1) is 0 Å². The minimum atomic E-state index is 0.651. The molecule has 0 aliphatic carbocycles. The van der Waals surface area contributed by atoms with Gasteiger partial charge in [-0.25, -0.2) is 4.98 Å².